The molecule has 1 aliphatic heterocycles. The molecule has 0 saturated carbocycles. The van der Waals surface area contributed by atoms with Gasteiger partial charge in [0, 0.05) is 17.1 Å². The first-order valence-electron chi connectivity index (χ1n) is 8.86. The number of aromatic nitrogens is 4. The highest BCUT2D eigenvalue weighted by Crippen LogP contribution is 2.23. The molecule has 0 bridgehead atoms. The molecule has 1 aliphatic rings. The maximum atomic E-state index is 6.13. The summed E-state index contributed by atoms with van der Waals surface area (Å²) in [6.45, 7) is 6.88. The van der Waals surface area contributed by atoms with Crippen molar-refractivity contribution < 1.29 is 0 Å². The van der Waals surface area contributed by atoms with Crippen LogP contribution in [-0.4, -0.2) is 37.2 Å². The Bertz CT molecular complexity index is 900. The molecule has 25 heavy (non-hydrogen) atoms. The van der Waals surface area contributed by atoms with Gasteiger partial charge in [0.1, 0.15) is 11.6 Å². The maximum absolute atomic E-state index is 6.13. The summed E-state index contributed by atoms with van der Waals surface area (Å²) in [5.41, 5.74) is 9.34. The second-order valence-corrected chi connectivity index (χ2v) is 6.92. The van der Waals surface area contributed by atoms with Gasteiger partial charge in [-0.15, -0.1) is 0 Å². The molecule has 1 unspecified atom stereocenters. The lowest BCUT2D eigenvalue weighted by molar-refractivity contribution is 0.213. The first-order valence-corrected chi connectivity index (χ1v) is 8.86. The average Bonchev–Trinajstić information content (AvgIpc) is 3.14. The van der Waals surface area contributed by atoms with Gasteiger partial charge in [-0.2, -0.15) is 5.10 Å². The number of likely N-dealkylation sites (tertiary alicyclic amines) is 1. The first-order chi connectivity index (χ1) is 12.1. The van der Waals surface area contributed by atoms with E-state index >= 15 is 0 Å². The van der Waals surface area contributed by atoms with E-state index in [9.17, 15) is 0 Å². The molecule has 3 heterocycles. The standard InChI is InChI=1S/C19H24N6/c1-13-10-14(2)25(23-13)11-15-6-5-9-24(15)12-18-21-17-8-4-3-7-16(17)19(20)22-18/h3-4,7-8,10,15H,5-6,9,11-12H2,1-2H3,(H2,20,21,22). The van der Waals surface area contributed by atoms with Crippen LogP contribution >= 0.6 is 0 Å². The number of nitrogens with zero attached hydrogens (tertiary/aromatic N) is 5. The molecule has 0 spiro atoms. The average molecular weight is 336 g/mol. The highest BCUT2D eigenvalue weighted by atomic mass is 15.3. The molecule has 0 amide bonds. The van der Waals surface area contributed by atoms with Crippen LogP contribution in [0.25, 0.3) is 10.9 Å². The summed E-state index contributed by atoms with van der Waals surface area (Å²) in [6.07, 6.45) is 2.38. The molecule has 2 N–H and O–H groups in total. The van der Waals surface area contributed by atoms with E-state index < -0.39 is 0 Å². The summed E-state index contributed by atoms with van der Waals surface area (Å²) < 4.78 is 2.12. The zero-order valence-electron chi connectivity index (χ0n) is 14.8. The summed E-state index contributed by atoms with van der Waals surface area (Å²) in [5, 5.41) is 5.53. The van der Waals surface area contributed by atoms with Gasteiger partial charge >= 0.3 is 0 Å². The van der Waals surface area contributed by atoms with E-state index in [1.807, 2.05) is 31.2 Å². The number of nitrogen functional groups attached to an aromatic ring is 1. The van der Waals surface area contributed by atoms with Crippen molar-refractivity contribution in [2.45, 2.75) is 45.8 Å². The normalized spacial score (nSPS) is 18.2. The first kappa shape index (κ1) is 16.0. The van der Waals surface area contributed by atoms with Crippen molar-refractivity contribution in [1.29, 1.82) is 0 Å². The Balaban J connectivity index is 1.54. The second kappa shape index (κ2) is 6.44. The topological polar surface area (TPSA) is 72.9 Å². The summed E-state index contributed by atoms with van der Waals surface area (Å²) in [6, 6.07) is 10.5. The predicted molar refractivity (Wildman–Crippen MR) is 99.1 cm³/mol. The number of benzene rings is 1. The SMILES string of the molecule is Cc1cc(C)n(CC2CCCN2Cc2nc(N)c3ccccc3n2)n1. The fourth-order valence-electron chi connectivity index (χ4n) is 3.77. The third-order valence-electron chi connectivity index (χ3n) is 5.01. The number of nitrogens with two attached hydrogens (primary N) is 1. The lowest BCUT2D eigenvalue weighted by atomic mass is 10.2. The van der Waals surface area contributed by atoms with Gasteiger partial charge in [0.2, 0.25) is 0 Å². The Morgan fingerprint density at radius 1 is 1.20 bits per heavy atom. The van der Waals surface area contributed by atoms with Crippen molar-refractivity contribution in [3.8, 4) is 0 Å². The molecule has 6 heteroatoms. The molecule has 1 atom stereocenters. The van der Waals surface area contributed by atoms with Crippen molar-refractivity contribution in [2.75, 3.05) is 12.3 Å². The number of fused-ring (bicyclic) bond motifs is 1. The van der Waals surface area contributed by atoms with Crippen molar-refractivity contribution in [3.63, 3.8) is 0 Å². The van der Waals surface area contributed by atoms with Crippen molar-refractivity contribution in [3.05, 3.63) is 47.5 Å². The van der Waals surface area contributed by atoms with Gasteiger partial charge in [-0.1, -0.05) is 12.1 Å². The smallest absolute Gasteiger partial charge is 0.145 e. The number of anilines is 1. The number of para-hydroxylation sites is 1. The van der Waals surface area contributed by atoms with Crippen LogP contribution in [0.2, 0.25) is 0 Å². The largest absolute Gasteiger partial charge is 0.383 e. The van der Waals surface area contributed by atoms with E-state index in [1.54, 1.807) is 0 Å². The van der Waals surface area contributed by atoms with Crippen molar-refractivity contribution in [2.24, 2.45) is 0 Å². The molecule has 6 nitrogen and oxygen atoms in total. The number of rotatable bonds is 4. The molecule has 130 valence electrons. The highest BCUT2D eigenvalue weighted by Gasteiger charge is 2.26. The third kappa shape index (κ3) is 3.22. The molecule has 1 saturated heterocycles. The number of hydrogen-bond acceptors (Lipinski definition) is 5. The van der Waals surface area contributed by atoms with Crippen LogP contribution in [0.3, 0.4) is 0 Å². The van der Waals surface area contributed by atoms with Crippen molar-refractivity contribution in [1.82, 2.24) is 24.6 Å². The van der Waals surface area contributed by atoms with Crippen LogP contribution < -0.4 is 5.73 Å². The van der Waals surface area contributed by atoms with Gasteiger partial charge in [0.15, 0.2) is 0 Å². The molecule has 2 aromatic heterocycles. The second-order valence-electron chi connectivity index (χ2n) is 6.92. The molecule has 0 radical (unpaired) electrons. The predicted octanol–water partition coefficient (Wildman–Crippen LogP) is 2.69. The van der Waals surface area contributed by atoms with Crippen molar-refractivity contribution >= 4 is 16.7 Å². The molecular formula is C19H24N6. The Morgan fingerprint density at radius 3 is 2.84 bits per heavy atom. The monoisotopic (exact) mass is 336 g/mol. The minimum atomic E-state index is 0.467. The minimum Gasteiger partial charge on any atom is -0.383 e. The quantitative estimate of drug-likeness (QED) is 0.793. The molecule has 0 aliphatic carbocycles. The maximum Gasteiger partial charge on any atom is 0.145 e. The zero-order valence-corrected chi connectivity index (χ0v) is 14.8. The number of aryl methyl sites for hydroxylation is 2. The van der Waals surface area contributed by atoms with Gasteiger partial charge in [-0.05, 0) is 51.4 Å². The van der Waals surface area contributed by atoms with Crippen LogP contribution in [0.1, 0.15) is 30.1 Å². The summed E-state index contributed by atoms with van der Waals surface area (Å²) in [7, 11) is 0. The van der Waals surface area contributed by atoms with E-state index in [2.05, 4.69) is 32.7 Å². The van der Waals surface area contributed by atoms with Crippen LogP contribution in [-0.2, 0) is 13.1 Å². The molecule has 4 rings (SSSR count). The fraction of sp³-hybridized carbons (Fsp3) is 0.421. The summed E-state index contributed by atoms with van der Waals surface area (Å²) in [4.78, 5) is 11.7. The Hall–Kier alpha value is -2.47. The summed E-state index contributed by atoms with van der Waals surface area (Å²) in [5.74, 6) is 1.37. The lowest BCUT2D eigenvalue weighted by Crippen LogP contribution is -2.33. The van der Waals surface area contributed by atoms with Gasteiger partial charge in [-0.25, -0.2) is 9.97 Å². The van der Waals surface area contributed by atoms with E-state index in [-0.39, 0.29) is 0 Å². The van der Waals surface area contributed by atoms with E-state index in [0.29, 0.717) is 11.9 Å². The number of hydrogen-bond donors (Lipinski definition) is 1. The third-order valence-corrected chi connectivity index (χ3v) is 5.01. The van der Waals surface area contributed by atoms with Gasteiger partial charge in [0.05, 0.1) is 24.3 Å². The Labute approximate surface area is 147 Å². The van der Waals surface area contributed by atoms with Crippen LogP contribution in [0.4, 0.5) is 5.82 Å². The van der Waals surface area contributed by atoms with Gasteiger partial charge in [-0.3, -0.25) is 9.58 Å². The van der Waals surface area contributed by atoms with Crippen LogP contribution in [0.5, 0.6) is 0 Å². The van der Waals surface area contributed by atoms with E-state index in [0.717, 1.165) is 42.1 Å². The Kier molecular flexibility index (Phi) is 4.13. The van der Waals surface area contributed by atoms with E-state index in [4.69, 9.17) is 10.7 Å². The highest BCUT2D eigenvalue weighted by molar-refractivity contribution is 5.87. The van der Waals surface area contributed by atoms with Gasteiger partial charge < -0.3 is 5.73 Å². The molecule has 1 aromatic carbocycles. The van der Waals surface area contributed by atoms with Crippen LogP contribution in [0.15, 0.2) is 30.3 Å². The molecule has 1 fully saturated rings. The lowest BCUT2D eigenvalue weighted by Gasteiger charge is -2.24. The fourth-order valence-corrected chi connectivity index (χ4v) is 3.77. The van der Waals surface area contributed by atoms with Crippen LogP contribution in [0, 0.1) is 13.8 Å². The molecular weight excluding hydrogens is 312 g/mol. The zero-order chi connectivity index (χ0) is 17.4. The molecule has 3 aromatic rings. The summed E-state index contributed by atoms with van der Waals surface area (Å²) >= 11 is 0. The van der Waals surface area contributed by atoms with Gasteiger partial charge in [0.25, 0.3) is 0 Å². The minimum absolute atomic E-state index is 0.467. The van der Waals surface area contributed by atoms with E-state index in [1.165, 1.54) is 18.5 Å². The Morgan fingerprint density at radius 2 is 2.04 bits per heavy atom.